The van der Waals surface area contributed by atoms with E-state index in [0.29, 0.717) is 5.92 Å². The van der Waals surface area contributed by atoms with Crippen molar-refractivity contribution in [3.05, 3.63) is 94.5 Å². The third kappa shape index (κ3) is 2.98. The molecule has 1 aliphatic rings. The van der Waals surface area contributed by atoms with Crippen molar-refractivity contribution in [2.45, 2.75) is 12.5 Å². The predicted octanol–water partition coefficient (Wildman–Crippen LogP) is 5.58. The maximum absolute atomic E-state index is 6.16. The average molecular weight is 334 g/mol. The van der Waals surface area contributed by atoms with Crippen molar-refractivity contribution in [2.75, 3.05) is 13.6 Å². The zero-order valence-electron chi connectivity index (χ0n) is 13.7. The predicted molar refractivity (Wildman–Crippen MR) is 102 cm³/mol. The lowest BCUT2D eigenvalue weighted by molar-refractivity contribution is 0.295. The molecule has 1 nitrogen and oxygen atoms in total. The number of hydrogen-bond acceptors (Lipinski definition) is 1. The zero-order chi connectivity index (χ0) is 16.5. The van der Waals surface area contributed by atoms with Gasteiger partial charge in [0.15, 0.2) is 0 Å². The van der Waals surface area contributed by atoms with E-state index in [1.54, 1.807) is 0 Å². The Labute approximate surface area is 148 Å². The summed E-state index contributed by atoms with van der Waals surface area (Å²) in [5.74, 6) is 0.438. The zero-order valence-corrected chi connectivity index (χ0v) is 14.5. The molecule has 120 valence electrons. The number of fused-ring (bicyclic) bond motifs is 1. The van der Waals surface area contributed by atoms with Gasteiger partial charge >= 0.3 is 0 Å². The normalized spacial score (nSPS) is 17.5. The van der Waals surface area contributed by atoms with Crippen LogP contribution in [-0.4, -0.2) is 18.5 Å². The van der Waals surface area contributed by atoms with Crippen LogP contribution < -0.4 is 0 Å². The molecular weight excluding hydrogens is 314 g/mol. The summed E-state index contributed by atoms with van der Waals surface area (Å²) in [6.07, 6.45) is 0. The fraction of sp³-hybridized carbons (Fsp3) is 0.182. The minimum Gasteiger partial charge on any atom is -0.301 e. The maximum atomic E-state index is 6.16. The van der Waals surface area contributed by atoms with Crippen molar-refractivity contribution in [3.63, 3.8) is 0 Å². The van der Waals surface area contributed by atoms with Gasteiger partial charge in [0.2, 0.25) is 0 Å². The van der Waals surface area contributed by atoms with Crippen LogP contribution in [-0.2, 0) is 6.54 Å². The molecule has 0 aromatic heterocycles. The van der Waals surface area contributed by atoms with Crippen LogP contribution in [0.15, 0.2) is 72.8 Å². The third-order valence-electron chi connectivity index (χ3n) is 4.81. The molecular formula is C22H20ClN. The highest BCUT2D eigenvalue weighted by Gasteiger charge is 2.24. The second-order valence-corrected chi connectivity index (χ2v) is 7.02. The third-order valence-corrected chi connectivity index (χ3v) is 5.05. The van der Waals surface area contributed by atoms with E-state index in [1.165, 1.54) is 27.8 Å². The Bertz CT molecular complexity index is 857. The van der Waals surface area contributed by atoms with E-state index in [-0.39, 0.29) is 0 Å². The summed E-state index contributed by atoms with van der Waals surface area (Å²) in [5, 5.41) is 0.782. The molecule has 0 spiro atoms. The number of likely N-dealkylation sites (N-methyl/N-ethyl adjacent to an activating group) is 1. The Balaban J connectivity index is 1.77. The summed E-state index contributed by atoms with van der Waals surface area (Å²) >= 11 is 6.16. The van der Waals surface area contributed by atoms with Crippen molar-refractivity contribution < 1.29 is 0 Å². The van der Waals surface area contributed by atoms with Crippen molar-refractivity contribution in [1.82, 2.24) is 4.90 Å². The van der Waals surface area contributed by atoms with Gasteiger partial charge in [0.05, 0.1) is 0 Å². The van der Waals surface area contributed by atoms with E-state index in [1.807, 2.05) is 18.2 Å². The first-order valence-electron chi connectivity index (χ1n) is 8.33. The Kier molecular flexibility index (Phi) is 4.13. The van der Waals surface area contributed by atoms with Crippen LogP contribution in [0.1, 0.15) is 22.6 Å². The molecule has 24 heavy (non-hydrogen) atoms. The lowest BCUT2D eigenvalue weighted by Gasteiger charge is -2.33. The molecule has 0 unspecified atom stereocenters. The van der Waals surface area contributed by atoms with Gasteiger partial charge in [0, 0.05) is 24.0 Å². The van der Waals surface area contributed by atoms with E-state index < -0.39 is 0 Å². The summed E-state index contributed by atoms with van der Waals surface area (Å²) in [4.78, 5) is 2.40. The molecule has 1 atom stereocenters. The van der Waals surface area contributed by atoms with Gasteiger partial charge in [-0.15, -0.1) is 0 Å². The van der Waals surface area contributed by atoms with Gasteiger partial charge in [-0.25, -0.2) is 0 Å². The largest absolute Gasteiger partial charge is 0.301 e. The number of benzene rings is 3. The topological polar surface area (TPSA) is 3.24 Å². The molecule has 3 aromatic rings. The minimum atomic E-state index is 0.438. The monoisotopic (exact) mass is 333 g/mol. The first-order valence-corrected chi connectivity index (χ1v) is 8.71. The minimum absolute atomic E-state index is 0.438. The smallest absolute Gasteiger partial charge is 0.0412 e. The van der Waals surface area contributed by atoms with Crippen molar-refractivity contribution >= 4 is 11.6 Å². The van der Waals surface area contributed by atoms with Gasteiger partial charge in [-0.1, -0.05) is 66.2 Å². The van der Waals surface area contributed by atoms with E-state index in [0.717, 1.165) is 18.1 Å². The highest BCUT2D eigenvalue weighted by atomic mass is 35.5. The molecule has 0 saturated carbocycles. The molecule has 0 saturated heterocycles. The van der Waals surface area contributed by atoms with Crippen molar-refractivity contribution in [1.29, 1.82) is 0 Å². The van der Waals surface area contributed by atoms with Gasteiger partial charge in [0.25, 0.3) is 0 Å². The fourth-order valence-corrected chi connectivity index (χ4v) is 3.86. The van der Waals surface area contributed by atoms with E-state index in [4.69, 9.17) is 11.6 Å². The summed E-state index contributed by atoms with van der Waals surface area (Å²) in [6.45, 7) is 2.06. The second-order valence-electron chi connectivity index (χ2n) is 6.58. The van der Waals surface area contributed by atoms with Gasteiger partial charge in [-0.05, 0) is 53.1 Å². The van der Waals surface area contributed by atoms with Crippen LogP contribution in [0.25, 0.3) is 11.1 Å². The van der Waals surface area contributed by atoms with Crippen LogP contribution in [0, 0.1) is 0 Å². The number of nitrogens with zero attached hydrogens (tertiary/aromatic N) is 1. The van der Waals surface area contributed by atoms with Crippen LogP contribution in [0.2, 0.25) is 5.02 Å². The summed E-state index contributed by atoms with van der Waals surface area (Å²) in [7, 11) is 2.20. The van der Waals surface area contributed by atoms with Crippen molar-refractivity contribution in [3.8, 4) is 11.1 Å². The Morgan fingerprint density at radius 2 is 1.67 bits per heavy atom. The highest BCUT2D eigenvalue weighted by Crippen LogP contribution is 2.35. The Hall–Kier alpha value is -2.09. The number of hydrogen-bond donors (Lipinski definition) is 0. The quantitative estimate of drug-likeness (QED) is 0.591. The lowest BCUT2D eigenvalue weighted by Crippen LogP contribution is -2.30. The molecule has 0 aliphatic carbocycles. The molecule has 3 aromatic carbocycles. The number of rotatable bonds is 2. The SMILES string of the molecule is CN1Cc2cc(-c3cccc(Cl)c3)ccc2[C@H](c2ccccc2)C1. The highest BCUT2D eigenvalue weighted by molar-refractivity contribution is 6.30. The van der Waals surface area contributed by atoms with Crippen LogP contribution in [0.4, 0.5) is 0 Å². The second kappa shape index (κ2) is 6.43. The van der Waals surface area contributed by atoms with Crippen LogP contribution in [0.5, 0.6) is 0 Å². The Morgan fingerprint density at radius 1 is 0.875 bits per heavy atom. The van der Waals surface area contributed by atoms with E-state index >= 15 is 0 Å². The summed E-state index contributed by atoms with van der Waals surface area (Å²) < 4.78 is 0. The van der Waals surface area contributed by atoms with Crippen LogP contribution in [0.3, 0.4) is 0 Å². The van der Waals surface area contributed by atoms with Gasteiger partial charge in [-0.3, -0.25) is 0 Å². The van der Waals surface area contributed by atoms with Crippen molar-refractivity contribution in [2.24, 2.45) is 0 Å². The molecule has 0 N–H and O–H groups in total. The number of halogens is 1. The van der Waals surface area contributed by atoms with Crippen LogP contribution >= 0.6 is 11.6 Å². The van der Waals surface area contributed by atoms with E-state index in [9.17, 15) is 0 Å². The molecule has 2 heteroatoms. The molecule has 0 fully saturated rings. The van der Waals surface area contributed by atoms with Gasteiger partial charge in [0.1, 0.15) is 0 Å². The first-order chi connectivity index (χ1) is 11.7. The maximum Gasteiger partial charge on any atom is 0.0412 e. The molecule has 0 amide bonds. The lowest BCUT2D eigenvalue weighted by atomic mass is 9.83. The van der Waals surface area contributed by atoms with E-state index in [2.05, 4.69) is 66.5 Å². The van der Waals surface area contributed by atoms with Gasteiger partial charge < -0.3 is 4.90 Å². The molecule has 1 heterocycles. The first kappa shape index (κ1) is 15.4. The standard InChI is InChI=1S/C22H20ClN/c1-24-14-19-12-18(17-8-5-9-20(23)13-17)10-11-21(19)22(15-24)16-6-3-2-4-7-16/h2-13,22H,14-15H2,1H3/t22-/m0/s1. The fourth-order valence-electron chi connectivity index (χ4n) is 3.67. The Morgan fingerprint density at radius 3 is 2.46 bits per heavy atom. The molecule has 1 aliphatic heterocycles. The average Bonchev–Trinajstić information content (AvgIpc) is 2.61. The molecule has 4 rings (SSSR count). The summed E-state index contributed by atoms with van der Waals surface area (Å²) in [6, 6.07) is 25.7. The van der Waals surface area contributed by atoms with Gasteiger partial charge in [-0.2, -0.15) is 0 Å². The molecule has 0 bridgehead atoms. The molecule has 0 radical (unpaired) electrons. The summed E-state index contributed by atoms with van der Waals surface area (Å²) in [5.41, 5.74) is 6.66.